The second-order valence-electron chi connectivity index (χ2n) is 5.90. The van der Waals surface area contributed by atoms with Crippen molar-refractivity contribution in [1.29, 1.82) is 0 Å². The first-order valence-corrected chi connectivity index (χ1v) is 7.19. The molecule has 0 spiro atoms. The third-order valence-corrected chi connectivity index (χ3v) is 4.01. The highest BCUT2D eigenvalue weighted by atomic mass is 15.1. The smallest absolute Gasteiger partial charge is 0.0362 e. The van der Waals surface area contributed by atoms with E-state index in [-0.39, 0.29) is 0 Å². The molecule has 1 aliphatic rings. The maximum atomic E-state index is 3.69. The molecule has 1 saturated carbocycles. The number of rotatable bonds is 3. The fourth-order valence-corrected chi connectivity index (χ4v) is 2.72. The van der Waals surface area contributed by atoms with Gasteiger partial charge in [-0.3, -0.25) is 0 Å². The molecular formula is C16H26N2. The third-order valence-electron chi connectivity index (χ3n) is 4.01. The molecular weight excluding hydrogens is 220 g/mol. The Morgan fingerprint density at radius 1 is 1.00 bits per heavy atom. The van der Waals surface area contributed by atoms with Gasteiger partial charge >= 0.3 is 0 Å². The lowest BCUT2D eigenvalue weighted by Crippen LogP contribution is -2.18. The van der Waals surface area contributed by atoms with Crippen LogP contribution in [0.4, 0.5) is 11.4 Å². The fourth-order valence-electron chi connectivity index (χ4n) is 2.72. The molecule has 1 aromatic carbocycles. The Morgan fingerprint density at radius 3 is 2.39 bits per heavy atom. The van der Waals surface area contributed by atoms with Gasteiger partial charge in [0.05, 0.1) is 0 Å². The third kappa shape index (κ3) is 3.66. The summed E-state index contributed by atoms with van der Waals surface area (Å²) in [6.07, 6.45) is 6.77. The molecule has 18 heavy (non-hydrogen) atoms. The highest BCUT2D eigenvalue weighted by Crippen LogP contribution is 2.25. The number of benzene rings is 1. The number of nitrogens with zero attached hydrogens (tertiary/aromatic N) is 1. The number of anilines is 2. The van der Waals surface area contributed by atoms with Crippen LogP contribution in [0.5, 0.6) is 0 Å². The lowest BCUT2D eigenvalue weighted by atomic mass is 10.0. The number of nitrogens with one attached hydrogen (secondary N) is 1. The highest BCUT2D eigenvalue weighted by Gasteiger charge is 2.15. The van der Waals surface area contributed by atoms with Crippen LogP contribution in [0.3, 0.4) is 0 Å². The number of hydrogen-bond donors (Lipinski definition) is 1. The van der Waals surface area contributed by atoms with Crippen LogP contribution >= 0.6 is 0 Å². The zero-order valence-electron chi connectivity index (χ0n) is 11.9. The van der Waals surface area contributed by atoms with Crippen molar-refractivity contribution >= 4 is 11.4 Å². The summed E-state index contributed by atoms with van der Waals surface area (Å²) >= 11 is 0. The fraction of sp³-hybridized carbons (Fsp3) is 0.625. The van der Waals surface area contributed by atoms with E-state index in [1.807, 2.05) is 0 Å². The highest BCUT2D eigenvalue weighted by molar-refractivity contribution is 5.54. The maximum absolute atomic E-state index is 3.69. The van der Waals surface area contributed by atoms with Gasteiger partial charge in [0.15, 0.2) is 0 Å². The summed E-state index contributed by atoms with van der Waals surface area (Å²) in [5.74, 6) is 0.910. The van der Waals surface area contributed by atoms with E-state index >= 15 is 0 Å². The lowest BCUT2D eigenvalue weighted by molar-refractivity contribution is 0.502. The van der Waals surface area contributed by atoms with Crippen molar-refractivity contribution in [2.45, 2.75) is 45.1 Å². The van der Waals surface area contributed by atoms with Crippen LogP contribution in [0, 0.1) is 5.92 Å². The Bertz CT molecular complexity index is 356. The standard InChI is InChI=1S/C16H26N2/c1-13-5-4-6-14(8-7-13)17-15-9-11-16(12-10-15)18(2)3/h9-14,17H,4-8H2,1-3H3. The summed E-state index contributed by atoms with van der Waals surface area (Å²) in [4.78, 5) is 2.14. The van der Waals surface area contributed by atoms with Gasteiger partial charge in [0, 0.05) is 31.5 Å². The molecule has 0 amide bonds. The monoisotopic (exact) mass is 246 g/mol. The van der Waals surface area contributed by atoms with Crippen LogP contribution in [-0.2, 0) is 0 Å². The van der Waals surface area contributed by atoms with E-state index in [4.69, 9.17) is 0 Å². The Morgan fingerprint density at radius 2 is 1.72 bits per heavy atom. The molecule has 1 fully saturated rings. The predicted molar refractivity (Wildman–Crippen MR) is 80.4 cm³/mol. The molecule has 2 rings (SSSR count). The largest absolute Gasteiger partial charge is 0.382 e. The second-order valence-corrected chi connectivity index (χ2v) is 5.90. The molecule has 2 nitrogen and oxygen atoms in total. The van der Waals surface area contributed by atoms with Crippen molar-refractivity contribution in [3.8, 4) is 0 Å². The molecule has 0 saturated heterocycles. The van der Waals surface area contributed by atoms with Crippen molar-refractivity contribution in [1.82, 2.24) is 0 Å². The topological polar surface area (TPSA) is 15.3 Å². The molecule has 2 heteroatoms. The summed E-state index contributed by atoms with van der Waals surface area (Å²) in [5, 5.41) is 3.69. The summed E-state index contributed by atoms with van der Waals surface area (Å²) in [7, 11) is 4.16. The molecule has 0 aliphatic heterocycles. The van der Waals surface area contributed by atoms with Gasteiger partial charge in [0.2, 0.25) is 0 Å². The average molecular weight is 246 g/mol. The van der Waals surface area contributed by atoms with Gasteiger partial charge in [-0.1, -0.05) is 19.8 Å². The minimum Gasteiger partial charge on any atom is -0.382 e. The lowest BCUT2D eigenvalue weighted by Gasteiger charge is -2.19. The molecule has 1 aliphatic carbocycles. The van der Waals surface area contributed by atoms with Crippen molar-refractivity contribution in [2.24, 2.45) is 5.92 Å². The van der Waals surface area contributed by atoms with Gasteiger partial charge in [-0.25, -0.2) is 0 Å². The molecule has 1 N–H and O–H groups in total. The predicted octanol–water partition coefficient (Wildman–Crippen LogP) is 4.13. The second kappa shape index (κ2) is 6.12. The first kappa shape index (κ1) is 13.3. The van der Waals surface area contributed by atoms with Crippen LogP contribution in [0.15, 0.2) is 24.3 Å². The van der Waals surface area contributed by atoms with Crippen molar-refractivity contribution < 1.29 is 0 Å². The first-order valence-electron chi connectivity index (χ1n) is 7.19. The van der Waals surface area contributed by atoms with Crippen LogP contribution in [-0.4, -0.2) is 20.1 Å². The van der Waals surface area contributed by atoms with E-state index in [2.05, 4.69) is 55.5 Å². The van der Waals surface area contributed by atoms with E-state index in [0.717, 1.165) is 5.92 Å². The SMILES string of the molecule is CC1CCCC(Nc2ccc(N(C)C)cc2)CC1. The van der Waals surface area contributed by atoms with Gasteiger partial charge in [0.25, 0.3) is 0 Å². The molecule has 2 atom stereocenters. The first-order chi connectivity index (χ1) is 8.65. The van der Waals surface area contributed by atoms with E-state index in [1.54, 1.807) is 0 Å². The van der Waals surface area contributed by atoms with E-state index < -0.39 is 0 Å². The molecule has 0 bridgehead atoms. The number of hydrogen-bond acceptors (Lipinski definition) is 2. The molecule has 0 heterocycles. The average Bonchev–Trinajstić information content (AvgIpc) is 2.55. The van der Waals surface area contributed by atoms with Gasteiger partial charge < -0.3 is 10.2 Å². The van der Waals surface area contributed by atoms with E-state index in [1.165, 1.54) is 43.5 Å². The summed E-state index contributed by atoms with van der Waals surface area (Å²) in [6.45, 7) is 2.38. The zero-order valence-corrected chi connectivity index (χ0v) is 11.9. The summed E-state index contributed by atoms with van der Waals surface area (Å²) < 4.78 is 0. The summed E-state index contributed by atoms with van der Waals surface area (Å²) in [5.41, 5.74) is 2.52. The van der Waals surface area contributed by atoms with E-state index in [9.17, 15) is 0 Å². The van der Waals surface area contributed by atoms with Gasteiger partial charge in [-0.05, 0) is 49.4 Å². The van der Waals surface area contributed by atoms with Gasteiger partial charge in [0.1, 0.15) is 0 Å². The van der Waals surface area contributed by atoms with Crippen molar-refractivity contribution in [3.63, 3.8) is 0 Å². The molecule has 2 unspecified atom stereocenters. The van der Waals surface area contributed by atoms with Crippen LogP contribution in [0.25, 0.3) is 0 Å². The van der Waals surface area contributed by atoms with Crippen LogP contribution in [0.2, 0.25) is 0 Å². The molecule has 0 radical (unpaired) electrons. The normalized spacial score (nSPS) is 24.4. The van der Waals surface area contributed by atoms with Gasteiger partial charge in [-0.2, -0.15) is 0 Å². The zero-order chi connectivity index (χ0) is 13.0. The van der Waals surface area contributed by atoms with E-state index in [0.29, 0.717) is 6.04 Å². The van der Waals surface area contributed by atoms with Crippen molar-refractivity contribution in [2.75, 3.05) is 24.3 Å². The quantitative estimate of drug-likeness (QED) is 0.807. The molecule has 1 aromatic rings. The van der Waals surface area contributed by atoms with Crippen LogP contribution < -0.4 is 10.2 Å². The van der Waals surface area contributed by atoms with Gasteiger partial charge in [-0.15, -0.1) is 0 Å². The molecule has 100 valence electrons. The molecule has 0 aromatic heterocycles. The Balaban J connectivity index is 1.92. The minimum absolute atomic E-state index is 0.667. The van der Waals surface area contributed by atoms with Crippen molar-refractivity contribution in [3.05, 3.63) is 24.3 Å². The Labute approximate surface area is 111 Å². The summed E-state index contributed by atoms with van der Waals surface area (Å²) in [6, 6.07) is 9.43. The maximum Gasteiger partial charge on any atom is 0.0362 e. The Kier molecular flexibility index (Phi) is 4.51. The minimum atomic E-state index is 0.667. The Hall–Kier alpha value is -1.18. The van der Waals surface area contributed by atoms with Crippen LogP contribution in [0.1, 0.15) is 39.0 Å².